The third-order valence-corrected chi connectivity index (χ3v) is 7.60. The fourth-order valence-corrected chi connectivity index (χ4v) is 5.98. The first kappa shape index (κ1) is 21.6. The van der Waals surface area contributed by atoms with E-state index >= 15 is 0 Å². The fraction of sp³-hybridized carbons (Fsp3) is 0.727. The Bertz CT molecular complexity index is 752. The van der Waals surface area contributed by atoms with Gasteiger partial charge in [-0.25, -0.2) is 9.59 Å². The van der Waals surface area contributed by atoms with Gasteiger partial charge in [0.15, 0.2) is 0 Å². The maximum Gasteiger partial charge on any atom is 0.341 e. The number of rotatable bonds is 5. The number of hydrogen-bond acceptors (Lipinski definition) is 6. The summed E-state index contributed by atoms with van der Waals surface area (Å²) in [6.07, 6.45) is 6.14. The van der Waals surface area contributed by atoms with Crippen LogP contribution in [0.4, 0.5) is 9.80 Å². The predicted molar refractivity (Wildman–Crippen MR) is 117 cm³/mol. The zero-order valence-corrected chi connectivity index (χ0v) is 18.7. The van der Waals surface area contributed by atoms with Crippen molar-refractivity contribution >= 4 is 28.3 Å². The van der Waals surface area contributed by atoms with Crippen LogP contribution in [0.3, 0.4) is 0 Å². The number of carbonyl (C=O) groups excluding carboxylic acids is 2. The summed E-state index contributed by atoms with van der Waals surface area (Å²) in [5.41, 5.74) is 1.68. The molecular formula is C22H33N3O4S. The summed E-state index contributed by atoms with van der Waals surface area (Å²) < 4.78 is 10.7. The number of urea groups is 1. The van der Waals surface area contributed by atoms with E-state index in [-0.39, 0.29) is 12.0 Å². The van der Waals surface area contributed by atoms with Gasteiger partial charge < -0.3 is 14.4 Å². The molecule has 3 heterocycles. The maximum atomic E-state index is 13.0. The molecule has 2 aliphatic heterocycles. The predicted octanol–water partition coefficient (Wildman–Crippen LogP) is 3.38. The van der Waals surface area contributed by atoms with Crippen LogP contribution in [0, 0.1) is 5.92 Å². The Labute approximate surface area is 182 Å². The molecule has 0 bridgehead atoms. The summed E-state index contributed by atoms with van der Waals surface area (Å²) in [6.45, 7) is 8.47. The van der Waals surface area contributed by atoms with Crippen LogP contribution < -0.4 is 5.32 Å². The number of piperidine rings is 1. The zero-order chi connectivity index (χ0) is 20.9. The number of nitrogens with one attached hydrogen (secondary N) is 1. The van der Waals surface area contributed by atoms with E-state index in [1.807, 2.05) is 11.8 Å². The van der Waals surface area contributed by atoms with Gasteiger partial charge in [0, 0.05) is 37.6 Å². The lowest BCUT2D eigenvalue weighted by atomic mass is 9.95. The second-order valence-electron chi connectivity index (χ2n) is 8.41. The van der Waals surface area contributed by atoms with Crippen molar-refractivity contribution in [2.45, 2.75) is 45.4 Å². The minimum Gasteiger partial charge on any atom is -0.462 e. The molecule has 0 aromatic carbocycles. The number of hydrogen-bond donors (Lipinski definition) is 1. The van der Waals surface area contributed by atoms with Crippen molar-refractivity contribution in [1.29, 1.82) is 0 Å². The van der Waals surface area contributed by atoms with Crippen molar-refractivity contribution in [1.82, 2.24) is 9.80 Å². The minimum absolute atomic E-state index is 0.0935. The number of anilines is 1. The molecule has 0 spiro atoms. The lowest BCUT2D eigenvalue weighted by Gasteiger charge is -2.36. The first-order valence-corrected chi connectivity index (χ1v) is 12.1. The molecule has 2 amide bonds. The quantitative estimate of drug-likeness (QED) is 0.718. The average Bonchev–Trinajstić information content (AvgIpc) is 3.13. The summed E-state index contributed by atoms with van der Waals surface area (Å²) in [6, 6.07) is -0.0935. The molecule has 1 N–H and O–H groups in total. The molecule has 2 saturated heterocycles. The molecule has 0 atom stereocenters. The number of likely N-dealkylation sites (tertiary alicyclic amines) is 1. The first-order chi connectivity index (χ1) is 14.7. The van der Waals surface area contributed by atoms with Crippen molar-refractivity contribution in [3.05, 3.63) is 16.0 Å². The molecular weight excluding hydrogens is 402 g/mol. The van der Waals surface area contributed by atoms with Gasteiger partial charge in [-0.05, 0) is 56.9 Å². The van der Waals surface area contributed by atoms with Crippen molar-refractivity contribution in [3.63, 3.8) is 0 Å². The number of nitrogens with zero attached hydrogens (tertiary/aromatic N) is 2. The monoisotopic (exact) mass is 435 g/mol. The number of esters is 1. The highest BCUT2D eigenvalue weighted by molar-refractivity contribution is 7.17. The van der Waals surface area contributed by atoms with E-state index < -0.39 is 0 Å². The summed E-state index contributed by atoms with van der Waals surface area (Å²) in [5.74, 6) is 0.327. The number of thiophene rings is 1. The number of carbonyl (C=O) groups is 2. The van der Waals surface area contributed by atoms with E-state index in [1.54, 1.807) is 11.3 Å². The molecule has 4 rings (SSSR count). The molecule has 7 nitrogen and oxygen atoms in total. The highest BCUT2D eigenvalue weighted by Crippen LogP contribution is 2.38. The Morgan fingerprint density at radius 2 is 1.87 bits per heavy atom. The Hall–Kier alpha value is -1.64. The topological polar surface area (TPSA) is 71.1 Å². The minimum atomic E-state index is -0.309. The van der Waals surface area contributed by atoms with E-state index in [2.05, 4.69) is 10.2 Å². The molecule has 30 heavy (non-hydrogen) atoms. The van der Waals surface area contributed by atoms with E-state index in [9.17, 15) is 9.59 Å². The second-order valence-corrected chi connectivity index (χ2v) is 9.51. The summed E-state index contributed by atoms with van der Waals surface area (Å²) in [4.78, 5) is 31.1. The molecule has 166 valence electrons. The zero-order valence-electron chi connectivity index (χ0n) is 17.9. The van der Waals surface area contributed by atoms with Crippen LogP contribution in [0.25, 0.3) is 0 Å². The van der Waals surface area contributed by atoms with Gasteiger partial charge in [0.05, 0.1) is 25.4 Å². The second kappa shape index (κ2) is 10.1. The Kier molecular flexibility index (Phi) is 7.28. The van der Waals surface area contributed by atoms with Crippen molar-refractivity contribution < 1.29 is 19.1 Å². The van der Waals surface area contributed by atoms with Crippen molar-refractivity contribution in [2.75, 3.05) is 57.9 Å². The largest absolute Gasteiger partial charge is 0.462 e. The van der Waals surface area contributed by atoms with Crippen LogP contribution in [-0.4, -0.2) is 74.3 Å². The highest BCUT2D eigenvalue weighted by Gasteiger charge is 2.30. The van der Waals surface area contributed by atoms with Gasteiger partial charge in [-0.2, -0.15) is 0 Å². The van der Waals surface area contributed by atoms with E-state index in [0.29, 0.717) is 23.1 Å². The number of morpholine rings is 1. The SMILES string of the molecule is CCOC(=O)c1c(NC(=O)N2CCC(CN3CCOCC3)CC2)sc2c1CCCC2. The molecule has 1 aromatic rings. The number of aryl methyl sites for hydroxylation is 1. The Morgan fingerprint density at radius 1 is 1.13 bits per heavy atom. The van der Waals surface area contributed by atoms with Crippen molar-refractivity contribution in [2.24, 2.45) is 5.92 Å². The van der Waals surface area contributed by atoms with E-state index in [4.69, 9.17) is 9.47 Å². The number of amides is 2. The molecule has 1 aliphatic carbocycles. The normalized spacial score (nSPS) is 20.6. The molecule has 3 aliphatic rings. The lowest BCUT2D eigenvalue weighted by Crippen LogP contribution is -2.45. The van der Waals surface area contributed by atoms with Crippen molar-refractivity contribution in [3.8, 4) is 0 Å². The van der Waals surface area contributed by atoms with Gasteiger partial charge in [0.1, 0.15) is 5.00 Å². The lowest BCUT2D eigenvalue weighted by molar-refractivity contribution is 0.0260. The van der Waals surface area contributed by atoms with Crippen LogP contribution in [0.15, 0.2) is 0 Å². The van der Waals surface area contributed by atoms with Crippen LogP contribution in [0.2, 0.25) is 0 Å². The standard InChI is InChI=1S/C22H33N3O4S/c1-2-29-21(26)19-17-5-3-4-6-18(17)30-20(19)23-22(27)25-9-7-16(8-10-25)15-24-11-13-28-14-12-24/h16H,2-15H2,1H3,(H,23,27). The maximum absolute atomic E-state index is 13.0. The van der Waals surface area contributed by atoms with Gasteiger partial charge in [0.25, 0.3) is 0 Å². The molecule has 8 heteroatoms. The third-order valence-electron chi connectivity index (χ3n) is 6.39. The summed E-state index contributed by atoms with van der Waals surface area (Å²) >= 11 is 1.55. The molecule has 2 fully saturated rings. The number of ether oxygens (including phenoxy) is 2. The third kappa shape index (κ3) is 4.98. The van der Waals surface area contributed by atoms with Gasteiger partial charge in [-0.1, -0.05) is 0 Å². The molecule has 0 saturated carbocycles. The van der Waals surface area contributed by atoms with Crippen LogP contribution >= 0.6 is 11.3 Å². The highest BCUT2D eigenvalue weighted by atomic mass is 32.1. The Balaban J connectivity index is 1.36. The van der Waals surface area contributed by atoms with Gasteiger partial charge >= 0.3 is 12.0 Å². The van der Waals surface area contributed by atoms with Crippen LogP contribution in [0.1, 0.15) is 53.4 Å². The first-order valence-electron chi connectivity index (χ1n) is 11.3. The molecule has 0 unspecified atom stereocenters. The number of fused-ring (bicyclic) bond motifs is 1. The van der Waals surface area contributed by atoms with E-state index in [1.165, 1.54) is 4.88 Å². The summed E-state index contributed by atoms with van der Waals surface area (Å²) in [7, 11) is 0. The smallest absolute Gasteiger partial charge is 0.341 e. The summed E-state index contributed by atoms with van der Waals surface area (Å²) in [5, 5.41) is 3.72. The van der Waals surface area contributed by atoms with Crippen LogP contribution in [-0.2, 0) is 22.3 Å². The Morgan fingerprint density at radius 3 is 2.60 bits per heavy atom. The van der Waals surface area contributed by atoms with Gasteiger partial charge in [-0.3, -0.25) is 10.2 Å². The van der Waals surface area contributed by atoms with Gasteiger partial charge in [0.2, 0.25) is 0 Å². The average molecular weight is 436 g/mol. The van der Waals surface area contributed by atoms with E-state index in [0.717, 1.165) is 90.0 Å². The molecule has 1 aromatic heterocycles. The van der Waals surface area contributed by atoms with Crippen LogP contribution in [0.5, 0.6) is 0 Å². The molecule has 0 radical (unpaired) electrons. The fourth-order valence-electron chi connectivity index (χ4n) is 4.72. The van der Waals surface area contributed by atoms with Gasteiger partial charge in [-0.15, -0.1) is 11.3 Å².